The van der Waals surface area contributed by atoms with Crippen molar-refractivity contribution in [3.63, 3.8) is 0 Å². The van der Waals surface area contributed by atoms with Crippen molar-refractivity contribution in [3.8, 4) is 0 Å². The molecule has 0 saturated heterocycles. The number of esters is 1. The maximum atomic E-state index is 13.9. The quantitative estimate of drug-likeness (QED) is 0.165. The normalized spacial score (nSPS) is 12.1. The van der Waals surface area contributed by atoms with Crippen LogP contribution >= 0.6 is 0 Å². The molecule has 14 heteroatoms. The Morgan fingerprint density at radius 3 is 1.50 bits per heavy atom. The average Bonchev–Trinajstić information content (AvgIpc) is 3.03. The van der Waals surface area contributed by atoms with Crippen molar-refractivity contribution in [2.45, 2.75) is 32.3 Å². The molecule has 0 aliphatic heterocycles. The van der Waals surface area contributed by atoms with E-state index in [9.17, 15) is 30.0 Å². The van der Waals surface area contributed by atoms with Gasteiger partial charge < -0.3 is 4.74 Å². The van der Waals surface area contributed by atoms with Gasteiger partial charge in [-0.15, -0.1) is 0 Å². The molecule has 0 amide bonds. The third-order valence-corrected chi connectivity index (χ3v) is 11.6. The van der Waals surface area contributed by atoms with Crippen molar-refractivity contribution < 1.29 is 34.8 Å². The lowest BCUT2D eigenvalue weighted by atomic mass is 10.1. The van der Waals surface area contributed by atoms with E-state index in [0.717, 1.165) is 35.1 Å². The van der Waals surface area contributed by atoms with Crippen molar-refractivity contribution in [1.29, 1.82) is 0 Å². The number of hydrogen-bond acceptors (Lipinski definition) is 8. The summed E-state index contributed by atoms with van der Waals surface area (Å²) in [5.41, 5.74) is 4.33. The number of carbonyl (C=O) groups is 1. The molecule has 4 aromatic rings. The number of hydrogen-bond donors (Lipinski definition) is 0. The molecular formula is C34H39N3O8S3. The Morgan fingerprint density at radius 1 is 0.583 bits per heavy atom. The van der Waals surface area contributed by atoms with Gasteiger partial charge in [-0.25, -0.2) is 25.3 Å². The highest BCUT2D eigenvalue weighted by atomic mass is 32.2. The first-order valence-corrected chi connectivity index (χ1v) is 20.1. The van der Waals surface area contributed by atoms with Crippen LogP contribution in [0.3, 0.4) is 0 Å². The summed E-state index contributed by atoms with van der Waals surface area (Å²) in [5.74, 6) is -1.01. The van der Waals surface area contributed by atoms with Crippen LogP contribution in [0.25, 0.3) is 0 Å². The second-order valence-electron chi connectivity index (χ2n) is 11.4. The van der Waals surface area contributed by atoms with Gasteiger partial charge in [0.1, 0.15) is 6.54 Å². The molecular weight excluding hydrogens is 675 g/mol. The lowest BCUT2D eigenvalue weighted by Gasteiger charge is -2.26. The van der Waals surface area contributed by atoms with E-state index >= 15 is 0 Å². The van der Waals surface area contributed by atoms with Gasteiger partial charge in [0.05, 0.1) is 43.3 Å². The Balaban J connectivity index is 1.63. The number of benzene rings is 4. The molecule has 0 aliphatic carbocycles. The molecule has 0 atom stereocenters. The molecule has 0 aliphatic rings. The van der Waals surface area contributed by atoms with Gasteiger partial charge in [-0.1, -0.05) is 84.4 Å². The summed E-state index contributed by atoms with van der Waals surface area (Å²) in [6, 6.07) is 29.3. The predicted octanol–water partition coefficient (Wildman–Crippen LogP) is 4.43. The first-order valence-electron chi connectivity index (χ1n) is 14.8. The molecule has 0 N–H and O–H groups in total. The molecule has 0 bridgehead atoms. The lowest BCUT2D eigenvalue weighted by Crippen LogP contribution is -2.35. The van der Waals surface area contributed by atoms with Crippen LogP contribution in [-0.4, -0.2) is 61.7 Å². The maximum Gasteiger partial charge on any atom is 0.326 e. The van der Waals surface area contributed by atoms with Crippen molar-refractivity contribution in [1.82, 2.24) is 4.31 Å². The fraction of sp³-hybridized carbons (Fsp3) is 0.265. The number of anilines is 2. The van der Waals surface area contributed by atoms with Gasteiger partial charge in [0.25, 0.3) is 0 Å². The molecule has 0 heterocycles. The number of nitrogens with zero attached hydrogens (tertiary/aromatic N) is 3. The van der Waals surface area contributed by atoms with E-state index in [1.807, 2.05) is 31.2 Å². The molecule has 48 heavy (non-hydrogen) atoms. The zero-order valence-corrected chi connectivity index (χ0v) is 29.6. The molecule has 0 saturated carbocycles. The topological polar surface area (TPSA) is 138 Å². The SMILES string of the molecule is COC(=O)CN(c1ccc(CN(c2ccc(CN(Cc3ccc(C)cc3)S(C)(=O)=O)cc2)S(=O)(=O)Cc2ccccc2)cc1)S(C)(=O)=O. The van der Waals surface area contributed by atoms with Crippen LogP contribution < -0.4 is 8.61 Å². The minimum absolute atomic E-state index is 0.0758. The average molecular weight is 714 g/mol. The Morgan fingerprint density at radius 2 is 1.04 bits per heavy atom. The van der Waals surface area contributed by atoms with E-state index in [0.29, 0.717) is 22.4 Å². The van der Waals surface area contributed by atoms with Gasteiger partial charge in [-0.05, 0) is 53.4 Å². The van der Waals surface area contributed by atoms with Crippen LogP contribution in [0.1, 0.15) is 27.8 Å². The summed E-state index contributed by atoms with van der Waals surface area (Å²) in [6.45, 7) is 1.64. The summed E-state index contributed by atoms with van der Waals surface area (Å²) in [5, 5.41) is 0. The van der Waals surface area contributed by atoms with Crippen LogP contribution in [0.4, 0.5) is 11.4 Å². The highest BCUT2D eigenvalue weighted by molar-refractivity contribution is 7.92. The first kappa shape index (κ1) is 36.6. The van der Waals surface area contributed by atoms with E-state index < -0.39 is 42.6 Å². The molecule has 0 radical (unpaired) electrons. The summed E-state index contributed by atoms with van der Waals surface area (Å²) < 4.78 is 86.0. The Labute approximate surface area is 283 Å². The van der Waals surface area contributed by atoms with Crippen LogP contribution in [0.2, 0.25) is 0 Å². The highest BCUT2D eigenvalue weighted by Crippen LogP contribution is 2.27. The fourth-order valence-corrected chi connectivity index (χ4v) is 8.06. The molecule has 0 aromatic heterocycles. The van der Waals surface area contributed by atoms with Crippen LogP contribution in [0.15, 0.2) is 103 Å². The first-order chi connectivity index (χ1) is 22.5. The van der Waals surface area contributed by atoms with Crippen molar-refractivity contribution >= 4 is 47.4 Å². The summed E-state index contributed by atoms with van der Waals surface area (Å²) in [7, 11) is -10.2. The van der Waals surface area contributed by atoms with E-state index in [1.54, 1.807) is 66.7 Å². The lowest BCUT2D eigenvalue weighted by molar-refractivity contribution is -0.138. The molecule has 0 spiro atoms. The van der Waals surface area contributed by atoms with Gasteiger partial charge in [0.15, 0.2) is 0 Å². The highest BCUT2D eigenvalue weighted by Gasteiger charge is 2.26. The van der Waals surface area contributed by atoms with E-state index in [4.69, 9.17) is 0 Å². The maximum absolute atomic E-state index is 13.9. The largest absolute Gasteiger partial charge is 0.468 e. The summed E-state index contributed by atoms with van der Waals surface area (Å²) >= 11 is 0. The van der Waals surface area contributed by atoms with Gasteiger partial charge in [0.2, 0.25) is 30.1 Å². The van der Waals surface area contributed by atoms with E-state index in [-0.39, 0.29) is 31.1 Å². The van der Waals surface area contributed by atoms with Crippen LogP contribution in [0, 0.1) is 6.92 Å². The van der Waals surface area contributed by atoms with E-state index in [1.165, 1.54) is 20.7 Å². The van der Waals surface area contributed by atoms with Crippen molar-refractivity contribution in [3.05, 3.63) is 131 Å². The third kappa shape index (κ3) is 10.1. The standard InChI is InChI=1S/C34H39N3O8S3/c1-27-10-12-28(13-11-27)22-35(46(3,39)40)23-29-14-20-33(21-15-29)37(48(43,44)26-31-8-6-5-7-9-31)24-30-16-18-32(19-17-30)36(47(4,41)42)25-34(38)45-2/h5-21H,22-26H2,1-4H3. The molecule has 256 valence electrons. The fourth-order valence-electron chi connectivity index (χ4n) is 4.89. The smallest absolute Gasteiger partial charge is 0.326 e. The van der Waals surface area contributed by atoms with Gasteiger partial charge in [-0.3, -0.25) is 13.4 Å². The Bertz CT molecular complexity index is 2020. The number of methoxy groups -OCH3 is 1. The number of ether oxygens (including phenoxy) is 1. The van der Waals surface area contributed by atoms with Crippen molar-refractivity contribution in [2.75, 3.05) is 34.8 Å². The number of rotatable bonds is 15. The molecule has 11 nitrogen and oxygen atoms in total. The monoisotopic (exact) mass is 713 g/mol. The third-order valence-electron chi connectivity index (χ3n) is 7.51. The number of carbonyl (C=O) groups excluding carboxylic acids is 1. The number of aryl methyl sites for hydroxylation is 1. The Kier molecular flexibility index (Phi) is 11.7. The molecule has 0 fully saturated rings. The zero-order valence-electron chi connectivity index (χ0n) is 27.2. The summed E-state index contributed by atoms with van der Waals surface area (Å²) in [6.07, 6.45) is 2.13. The molecule has 4 aromatic carbocycles. The van der Waals surface area contributed by atoms with E-state index in [2.05, 4.69) is 4.74 Å². The second kappa shape index (κ2) is 15.3. The van der Waals surface area contributed by atoms with Crippen LogP contribution in [-0.2, 0) is 65.0 Å². The van der Waals surface area contributed by atoms with Crippen molar-refractivity contribution in [2.24, 2.45) is 0 Å². The predicted molar refractivity (Wildman–Crippen MR) is 188 cm³/mol. The Hall–Kier alpha value is -4.24. The van der Waals surface area contributed by atoms with Gasteiger partial charge in [0, 0.05) is 13.1 Å². The number of sulfonamides is 3. The zero-order chi connectivity index (χ0) is 35.1. The molecule has 4 rings (SSSR count). The van der Waals surface area contributed by atoms with Gasteiger partial charge in [-0.2, -0.15) is 4.31 Å². The molecule has 0 unspecified atom stereocenters. The minimum atomic E-state index is -3.94. The van der Waals surface area contributed by atoms with Gasteiger partial charge >= 0.3 is 5.97 Å². The minimum Gasteiger partial charge on any atom is -0.468 e. The summed E-state index contributed by atoms with van der Waals surface area (Å²) in [4.78, 5) is 11.9. The second-order valence-corrected chi connectivity index (χ2v) is 17.2. The van der Waals surface area contributed by atoms with Crippen LogP contribution in [0.5, 0.6) is 0 Å².